The molecule has 0 heterocycles. The highest BCUT2D eigenvalue weighted by atomic mass is 32.2. The SMILES string of the molecule is CCOC(=O)Cc1ccc(N(Cc2ccc(F)cc2)S(=O)(=O)c2cccc(C(F)(F)F)c2)cc1. The number of carbonyl (C=O) groups excluding carboxylic acids is 1. The maximum absolute atomic E-state index is 13.4. The molecule has 0 spiro atoms. The van der Waals surface area contributed by atoms with E-state index in [1.54, 1.807) is 6.92 Å². The molecule has 34 heavy (non-hydrogen) atoms. The Morgan fingerprint density at radius 1 is 0.941 bits per heavy atom. The maximum Gasteiger partial charge on any atom is 0.416 e. The summed E-state index contributed by atoms with van der Waals surface area (Å²) in [5.74, 6) is -0.964. The van der Waals surface area contributed by atoms with Gasteiger partial charge in [0.25, 0.3) is 10.0 Å². The molecule has 3 aromatic rings. The Kier molecular flexibility index (Phi) is 7.61. The number of ether oxygens (including phenoxy) is 1. The topological polar surface area (TPSA) is 63.7 Å². The van der Waals surface area contributed by atoms with Crippen LogP contribution in [-0.2, 0) is 38.7 Å². The minimum absolute atomic E-state index is 0.0214. The highest BCUT2D eigenvalue weighted by molar-refractivity contribution is 7.92. The third-order valence-electron chi connectivity index (χ3n) is 4.87. The van der Waals surface area contributed by atoms with Crippen LogP contribution in [0, 0.1) is 5.82 Å². The Morgan fingerprint density at radius 3 is 2.15 bits per heavy atom. The second kappa shape index (κ2) is 10.3. The van der Waals surface area contributed by atoms with E-state index in [1.165, 1.54) is 36.4 Å². The first kappa shape index (κ1) is 25.2. The normalized spacial score (nSPS) is 11.8. The minimum atomic E-state index is -4.72. The minimum Gasteiger partial charge on any atom is -0.466 e. The van der Waals surface area contributed by atoms with Gasteiger partial charge >= 0.3 is 12.1 Å². The number of carbonyl (C=O) groups is 1. The fraction of sp³-hybridized carbons (Fsp3) is 0.208. The third-order valence-corrected chi connectivity index (χ3v) is 6.64. The van der Waals surface area contributed by atoms with E-state index in [-0.39, 0.29) is 25.3 Å². The largest absolute Gasteiger partial charge is 0.466 e. The lowest BCUT2D eigenvalue weighted by molar-refractivity contribution is -0.142. The average Bonchev–Trinajstić information content (AvgIpc) is 2.79. The van der Waals surface area contributed by atoms with Crippen LogP contribution in [0.1, 0.15) is 23.6 Å². The van der Waals surface area contributed by atoms with E-state index in [4.69, 9.17) is 4.74 Å². The summed E-state index contributed by atoms with van der Waals surface area (Å²) in [6.45, 7) is 1.64. The Balaban J connectivity index is 2.02. The molecule has 3 aromatic carbocycles. The molecule has 0 N–H and O–H groups in total. The molecule has 0 saturated heterocycles. The molecule has 0 unspecified atom stereocenters. The van der Waals surface area contributed by atoms with Crippen molar-refractivity contribution in [2.45, 2.75) is 31.0 Å². The van der Waals surface area contributed by atoms with Gasteiger partial charge < -0.3 is 4.74 Å². The van der Waals surface area contributed by atoms with Crippen LogP contribution in [0.3, 0.4) is 0 Å². The molecule has 5 nitrogen and oxygen atoms in total. The lowest BCUT2D eigenvalue weighted by atomic mass is 10.1. The van der Waals surface area contributed by atoms with Crippen molar-refractivity contribution in [3.8, 4) is 0 Å². The molecule has 0 aliphatic rings. The number of halogens is 4. The van der Waals surface area contributed by atoms with Gasteiger partial charge in [0.1, 0.15) is 5.82 Å². The highest BCUT2D eigenvalue weighted by Crippen LogP contribution is 2.33. The molecule has 0 amide bonds. The predicted molar refractivity (Wildman–Crippen MR) is 118 cm³/mol. The van der Waals surface area contributed by atoms with Gasteiger partial charge in [-0.3, -0.25) is 9.10 Å². The number of anilines is 1. The van der Waals surface area contributed by atoms with E-state index in [2.05, 4.69) is 0 Å². The summed E-state index contributed by atoms with van der Waals surface area (Å²) in [4.78, 5) is 11.2. The molecule has 0 saturated carbocycles. The van der Waals surface area contributed by atoms with Crippen molar-refractivity contribution in [3.63, 3.8) is 0 Å². The molecular weight excluding hydrogens is 474 g/mol. The van der Waals surface area contributed by atoms with E-state index < -0.39 is 38.4 Å². The van der Waals surface area contributed by atoms with Gasteiger partial charge in [-0.15, -0.1) is 0 Å². The fourth-order valence-electron chi connectivity index (χ4n) is 3.19. The second-order valence-electron chi connectivity index (χ2n) is 7.31. The monoisotopic (exact) mass is 495 g/mol. The first-order valence-corrected chi connectivity index (χ1v) is 11.6. The van der Waals surface area contributed by atoms with Gasteiger partial charge in [0.15, 0.2) is 0 Å². The van der Waals surface area contributed by atoms with Gasteiger partial charge in [-0.25, -0.2) is 12.8 Å². The average molecular weight is 495 g/mol. The lowest BCUT2D eigenvalue weighted by Gasteiger charge is -2.25. The van der Waals surface area contributed by atoms with Crippen molar-refractivity contribution >= 4 is 21.7 Å². The molecule has 0 atom stereocenters. The maximum atomic E-state index is 13.4. The van der Waals surface area contributed by atoms with Gasteiger partial charge in [0.2, 0.25) is 0 Å². The molecule has 0 aliphatic carbocycles. The summed E-state index contributed by atoms with van der Waals surface area (Å²) >= 11 is 0. The molecule has 3 rings (SSSR count). The first-order chi connectivity index (χ1) is 16.0. The van der Waals surface area contributed by atoms with Crippen molar-refractivity contribution in [1.29, 1.82) is 0 Å². The zero-order chi connectivity index (χ0) is 24.9. The zero-order valence-corrected chi connectivity index (χ0v) is 18.9. The van der Waals surface area contributed by atoms with Crippen LogP contribution < -0.4 is 4.31 Å². The van der Waals surface area contributed by atoms with Crippen LogP contribution in [0.25, 0.3) is 0 Å². The summed E-state index contributed by atoms with van der Waals surface area (Å²) in [5, 5.41) is 0. The van der Waals surface area contributed by atoms with Crippen molar-refractivity contribution in [2.24, 2.45) is 0 Å². The number of nitrogens with zero attached hydrogens (tertiary/aromatic N) is 1. The van der Waals surface area contributed by atoms with Gasteiger partial charge in [-0.1, -0.05) is 30.3 Å². The highest BCUT2D eigenvalue weighted by Gasteiger charge is 2.33. The van der Waals surface area contributed by atoms with Crippen molar-refractivity contribution in [3.05, 3.63) is 95.3 Å². The Bertz CT molecular complexity index is 1240. The van der Waals surface area contributed by atoms with Gasteiger partial charge in [0, 0.05) is 0 Å². The summed E-state index contributed by atoms with van der Waals surface area (Å²) in [7, 11) is -4.44. The summed E-state index contributed by atoms with van der Waals surface area (Å²) < 4.78 is 85.6. The molecule has 0 bridgehead atoms. The summed E-state index contributed by atoms with van der Waals surface area (Å²) in [6.07, 6.45) is -4.74. The molecular formula is C24H21F4NO4S. The van der Waals surface area contributed by atoms with Crippen LogP contribution in [0.2, 0.25) is 0 Å². The number of sulfonamides is 1. The zero-order valence-electron chi connectivity index (χ0n) is 18.0. The van der Waals surface area contributed by atoms with E-state index in [0.717, 1.165) is 34.6 Å². The number of hydrogen-bond donors (Lipinski definition) is 0. The van der Waals surface area contributed by atoms with Gasteiger partial charge in [-0.05, 0) is 60.5 Å². The van der Waals surface area contributed by atoms with Crippen LogP contribution in [0.4, 0.5) is 23.2 Å². The van der Waals surface area contributed by atoms with Gasteiger partial charge in [0.05, 0.1) is 35.7 Å². The predicted octanol–water partition coefficient (Wildman–Crippen LogP) is 5.35. The lowest BCUT2D eigenvalue weighted by Crippen LogP contribution is -2.31. The Morgan fingerprint density at radius 2 is 1.56 bits per heavy atom. The first-order valence-electron chi connectivity index (χ1n) is 10.2. The molecule has 0 radical (unpaired) electrons. The van der Waals surface area contributed by atoms with E-state index >= 15 is 0 Å². The molecule has 10 heteroatoms. The summed E-state index contributed by atoms with van der Waals surface area (Å²) in [5.41, 5.74) is 0.0578. The third kappa shape index (κ3) is 6.13. The number of benzene rings is 3. The van der Waals surface area contributed by atoms with Crippen molar-refractivity contribution in [1.82, 2.24) is 0 Å². The number of esters is 1. The van der Waals surface area contributed by atoms with Crippen LogP contribution in [-0.4, -0.2) is 21.0 Å². The quantitative estimate of drug-likeness (QED) is 0.312. The smallest absolute Gasteiger partial charge is 0.416 e. The molecule has 0 aromatic heterocycles. The fourth-order valence-corrected chi connectivity index (χ4v) is 4.69. The van der Waals surface area contributed by atoms with E-state index in [9.17, 15) is 30.8 Å². The molecule has 0 aliphatic heterocycles. The van der Waals surface area contributed by atoms with E-state index in [0.29, 0.717) is 17.2 Å². The number of rotatable bonds is 8. The summed E-state index contributed by atoms with van der Waals surface area (Å²) in [6, 6.07) is 14.5. The Labute approximate surface area is 194 Å². The van der Waals surface area contributed by atoms with Crippen LogP contribution >= 0.6 is 0 Å². The standard InChI is InChI=1S/C24H21F4NO4S/c1-2-33-23(30)14-17-8-12-21(13-9-17)29(16-18-6-10-20(25)11-7-18)34(31,32)22-5-3-4-19(15-22)24(26,27)28/h3-13,15H,2,14,16H2,1H3. The van der Waals surface area contributed by atoms with Crippen LogP contribution in [0.15, 0.2) is 77.7 Å². The molecule has 0 fully saturated rings. The Hall–Kier alpha value is -3.40. The number of alkyl halides is 3. The van der Waals surface area contributed by atoms with Crippen molar-refractivity contribution in [2.75, 3.05) is 10.9 Å². The van der Waals surface area contributed by atoms with E-state index in [1.807, 2.05) is 0 Å². The van der Waals surface area contributed by atoms with Gasteiger partial charge in [-0.2, -0.15) is 13.2 Å². The number of hydrogen-bond acceptors (Lipinski definition) is 4. The second-order valence-corrected chi connectivity index (χ2v) is 9.17. The van der Waals surface area contributed by atoms with Crippen molar-refractivity contribution < 1.29 is 35.5 Å². The van der Waals surface area contributed by atoms with Crippen LogP contribution in [0.5, 0.6) is 0 Å². The molecule has 180 valence electrons.